The fourth-order valence-electron chi connectivity index (χ4n) is 1.99. The molecule has 0 aliphatic rings. The van der Waals surface area contributed by atoms with Gasteiger partial charge in [-0.1, -0.05) is 24.3 Å². The second-order valence-electron chi connectivity index (χ2n) is 3.89. The van der Waals surface area contributed by atoms with Gasteiger partial charge < -0.3 is 4.98 Å². The zero-order valence-corrected chi connectivity index (χ0v) is 8.90. The highest BCUT2D eigenvalue weighted by Crippen LogP contribution is 2.19. The first kappa shape index (κ1) is 9.61. The second kappa shape index (κ2) is 3.46. The molecular weight excluding hydrogens is 212 g/mol. The number of benzene rings is 2. The van der Waals surface area contributed by atoms with Crippen molar-refractivity contribution in [3.05, 3.63) is 58.4 Å². The summed E-state index contributed by atoms with van der Waals surface area (Å²) >= 11 is 0. The SMILES string of the molecule is N#Cc1c[nH]c2cc3ccccc3cc2c1=O. The lowest BCUT2D eigenvalue weighted by atomic mass is 10.1. The van der Waals surface area contributed by atoms with Crippen LogP contribution >= 0.6 is 0 Å². The summed E-state index contributed by atoms with van der Waals surface area (Å²) in [6.45, 7) is 0. The summed E-state index contributed by atoms with van der Waals surface area (Å²) in [7, 11) is 0. The first-order valence-electron chi connectivity index (χ1n) is 5.24. The molecular formula is C14H8N2O. The van der Waals surface area contributed by atoms with Gasteiger partial charge in [0.1, 0.15) is 11.6 Å². The Morgan fingerprint density at radius 2 is 1.82 bits per heavy atom. The largest absolute Gasteiger partial charge is 0.360 e. The summed E-state index contributed by atoms with van der Waals surface area (Å²) in [4.78, 5) is 14.9. The van der Waals surface area contributed by atoms with Crippen molar-refractivity contribution in [3.8, 4) is 6.07 Å². The van der Waals surface area contributed by atoms with E-state index >= 15 is 0 Å². The molecule has 0 aliphatic heterocycles. The van der Waals surface area contributed by atoms with Gasteiger partial charge in [-0.05, 0) is 22.9 Å². The van der Waals surface area contributed by atoms with E-state index in [2.05, 4.69) is 4.98 Å². The van der Waals surface area contributed by atoms with E-state index < -0.39 is 0 Å². The topological polar surface area (TPSA) is 56.6 Å². The van der Waals surface area contributed by atoms with Crippen LogP contribution in [0.2, 0.25) is 0 Å². The van der Waals surface area contributed by atoms with Gasteiger partial charge in [-0.25, -0.2) is 0 Å². The summed E-state index contributed by atoms with van der Waals surface area (Å²) in [6, 6.07) is 13.5. The molecule has 1 aromatic heterocycles. The van der Waals surface area contributed by atoms with Gasteiger partial charge in [0.15, 0.2) is 0 Å². The number of pyridine rings is 1. The van der Waals surface area contributed by atoms with Gasteiger partial charge >= 0.3 is 0 Å². The monoisotopic (exact) mass is 220 g/mol. The molecule has 0 unspecified atom stereocenters. The molecule has 3 aromatic rings. The predicted molar refractivity (Wildman–Crippen MR) is 66.8 cm³/mol. The summed E-state index contributed by atoms with van der Waals surface area (Å²) in [6.07, 6.45) is 1.46. The van der Waals surface area contributed by atoms with Gasteiger partial charge in [0.05, 0.1) is 0 Å². The standard InChI is InChI=1S/C14H8N2O/c15-7-11-8-16-13-6-10-4-2-1-3-9(10)5-12(13)14(11)17/h1-6,8H,(H,16,17). The van der Waals surface area contributed by atoms with E-state index in [1.54, 1.807) is 0 Å². The molecule has 80 valence electrons. The minimum absolute atomic E-state index is 0.146. The van der Waals surface area contributed by atoms with Crippen LogP contribution in [0.1, 0.15) is 5.56 Å². The van der Waals surface area contributed by atoms with Gasteiger partial charge in [-0.3, -0.25) is 4.79 Å². The maximum atomic E-state index is 12.0. The van der Waals surface area contributed by atoms with Crippen molar-refractivity contribution >= 4 is 21.7 Å². The minimum Gasteiger partial charge on any atom is -0.360 e. The van der Waals surface area contributed by atoms with Crippen molar-refractivity contribution < 1.29 is 0 Å². The zero-order valence-electron chi connectivity index (χ0n) is 8.90. The van der Waals surface area contributed by atoms with E-state index in [0.29, 0.717) is 5.39 Å². The molecule has 0 radical (unpaired) electrons. The average molecular weight is 220 g/mol. The first-order chi connectivity index (χ1) is 8.29. The number of nitrogens with one attached hydrogen (secondary N) is 1. The van der Waals surface area contributed by atoms with Crippen molar-refractivity contribution in [2.75, 3.05) is 0 Å². The molecule has 0 atom stereocenters. The van der Waals surface area contributed by atoms with Crippen LogP contribution in [0.3, 0.4) is 0 Å². The van der Waals surface area contributed by atoms with Crippen LogP contribution in [-0.2, 0) is 0 Å². The van der Waals surface area contributed by atoms with Crippen LogP contribution in [0.4, 0.5) is 0 Å². The molecule has 3 nitrogen and oxygen atoms in total. The van der Waals surface area contributed by atoms with Crippen molar-refractivity contribution in [2.45, 2.75) is 0 Å². The predicted octanol–water partition coefficient (Wildman–Crippen LogP) is 2.55. The molecule has 2 aromatic carbocycles. The average Bonchev–Trinajstić information content (AvgIpc) is 2.37. The maximum Gasteiger partial charge on any atom is 0.207 e. The van der Waals surface area contributed by atoms with E-state index in [1.165, 1.54) is 6.20 Å². The molecule has 1 N–H and O–H groups in total. The maximum absolute atomic E-state index is 12.0. The number of nitriles is 1. The third kappa shape index (κ3) is 1.39. The lowest BCUT2D eigenvalue weighted by Gasteiger charge is -2.01. The molecule has 0 bridgehead atoms. The molecule has 0 spiro atoms. The summed E-state index contributed by atoms with van der Waals surface area (Å²) in [5.74, 6) is 0. The summed E-state index contributed by atoms with van der Waals surface area (Å²) in [5, 5.41) is 11.4. The van der Waals surface area contributed by atoms with E-state index in [-0.39, 0.29) is 11.0 Å². The first-order valence-corrected chi connectivity index (χ1v) is 5.24. The second-order valence-corrected chi connectivity index (χ2v) is 3.89. The number of fused-ring (bicyclic) bond motifs is 2. The Morgan fingerprint density at radius 1 is 1.12 bits per heavy atom. The molecule has 0 fully saturated rings. The number of aromatic amines is 1. The molecule has 0 aliphatic carbocycles. The fraction of sp³-hybridized carbons (Fsp3) is 0. The number of aromatic nitrogens is 1. The molecule has 3 rings (SSSR count). The van der Waals surface area contributed by atoms with Crippen LogP contribution in [0.5, 0.6) is 0 Å². The smallest absolute Gasteiger partial charge is 0.207 e. The Morgan fingerprint density at radius 3 is 2.53 bits per heavy atom. The molecule has 17 heavy (non-hydrogen) atoms. The number of hydrogen-bond acceptors (Lipinski definition) is 2. The Bertz CT molecular complexity index is 825. The minimum atomic E-state index is -0.216. The van der Waals surface area contributed by atoms with Gasteiger partial charge in [0.25, 0.3) is 0 Å². The van der Waals surface area contributed by atoms with Crippen molar-refractivity contribution in [3.63, 3.8) is 0 Å². The quantitative estimate of drug-likeness (QED) is 0.592. The number of rotatable bonds is 0. The molecule has 0 amide bonds. The molecule has 0 saturated carbocycles. The van der Waals surface area contributed by atoms with E-state index in [4.69, 9.17) is 5.26 Å². The van der Waals surface area contributed by atoms with E-state index in [9.17, 15) is 4.79 Å². The highest BCUT2D eigenvalue weighted by atomic mass is 16.1. The van der Waals surface area contributed by atoms with Crippen LogP contribution in [0.15, 0.2) is 47.4 Å². The highest BCUT2D eigenvalue weighted by molar-refractivity contribution is 5.96. The Labute approximate surface area is 96.9 Å². The Kier molecular flexibility index (Phi) is 1.96. The lowest BCUT2D eigenvalue weighted by Crippen LogP contribution is -2.06. The van der Waals surface area contributed by atoms with Gasteiger partial charge in [0, 0.05) is 17.1 Å². The van der Waals surface area contributed by atoms with Gasteiger partial charge in [-0.15, -0.1) is 0 Å². The number of H-pyrrole nitrogens is 1. The van der Waals surface area contributed by atoms with Crippen LogP contribution in [0.25, 0.3) is 21.7 Å². The Hall–Kier alpha value is -2.60. The normalized spacial score (nSPS) is 10.5. The number of hydrogen-bond donors (Lipinski definition) is 1. The van der Waals surface area contributed by atoms with E-state index in [0.717, 1.165) is 16.3 Å². The van der Waals surface area contributed by atoms with Gasteiger partial charge in [0.2, 0.25) is 5.43 Å². The van der Waals surface area contributed by atoms with E-state index in [1.807, 2.05) is 42.5 Å². The lowest BCUT2D eigenvalue weighted by molar-refractivity contribution is 1.35. The van der Waals surface area contributed by atoms with Crippen LogP contribution < -0.4 is 5.43 Å². The zero-order chi connectivity index (χ0) is 11.8. The van der Waals surface area contributed by atoms with Crippen LogP contribution in [-0.4, -0.2) is 4.98 Å². The molecule has 3 heteroatoms. The van der Waals surface area contributed by atoms with Crippen molar-refractivity contribution in [1.29, 1.82) is 5.26 Å². The summed E-state index contributed by atoms with van der Waals surface area (Å²) in [5.41, 5.74) is 0.687. The fourth-order valence-corrected chi connectivity index (χ4v) is 1.99. The third-order valence-electron chi connectivity index (χ3n) is 2.87. The van der Waals surface area contributed by atoms with Crippen LogP contribution in [0, 0.1) is 11.3 Å². The molecule has 0 saturated heterocycles. The van der Waals surface area contributed by atoms with Gasteiger partial charge in [-0.2, -0.15) is 5.26 Å². The van der Waals surface area contributed by atoms with Crippen molar-refractivity contribution in [1.82, 2.24) is 4.98 Å². The third-order valence-corrected chi connectivity index (χ3v) is 2.87. The number of nitrogens with zero attached hydrogens (tertiary/aromatic N) is 1. The molecule has 1 heterocycles. The summed E-state index contributed by atoms with van der Waals surface area (Å²) < 4.78 is 0. The highest BCUT2D eigenvalue weighted by Gasteiger charge is 2.05. The van der Waals surface area contributed by atoms with Crippen molar-refractivity contribution in [2.24, 2.45) is 0 Å². The Balaban J connectivity index is 2.54.